The molecule has 0 radical (unpaired) electrons. The van der Waals surface area contributed by atoms with E-state index in [0.717, 1.165) is 5.56 Å². The Morgan fingerprint density at radius 1 is 0.639 bits per heavy atom. The molecule has 0 saturated carbocycles. The van der Waals surface area contributed by atoms with E-state index in [1.54, 1.807) is 7.11 Å². The van der Waals surface area contributed by atoms with Crippen molar-refractivity contribution in [1.82, 2.24) is 0 Å². The first-order valence-corrected chi connectivity index (χ1v) is 18.9. The first-order valence-electron chi connectivity index (χ1n) is 13.1. The van der Waals surface area contributed by atoms with Crippen LogP contribution >= 0.6 is 0 Å². The molecule has 0 fully saturated rings. The van der Waals surface area contributed by atoms with E-state index >= 15 is 0 Å². The Kier molecular flexibility index (Phi) is 13.5. The molecule has 1 aromatic carbocycles. The number of methoxy groups -OCH3 is 1. The van der Waals surface area contributed by atoms with Crippen LogP contribution in [0.2, 0.25) is 36.3 Å². The molecule has 0 aromatic heterocycles. The minimum atomic E-state index is -2.00. The Hall–Kier alpha value is -0.586. The molecule has 6 nitrogen and oxygen atoms in total. The molecule has 0 amide bonds. The lowest BCUT2D eigenvalue weighted by Gasteiger charge is -2.43. The van der Waals surface area contributed by atoms with Crippen molar-refractivity contribution < 1.29 is 27.8 Å². The second-order valence-corrected chi connectivity index (χ2v) is 22.6. The van der Waals surface area contributed by atoms with Gasteiger partial charge in [-0.1, -0.05) is 71.9 Å². The predicted octanol–water partition coefficient (Wildman–Crippen LogP) is 6.87. The summed E-state index contributed by atoms with van der Waals surface area (Å²) in [6.07, 6.45) is 0. The van der Waals surface area contributed by atoms with Crippen LogP contribution in [0.4, 0.5) is 0 Å². The Balaban J connectivity index is 3.11. The molecule has 0 saturated heterocycles. The SMILES string of the molecule is COCCOCOCC(COCc1ccccc1)(CO[Si](C)(C)C(C)(C)C)CO[Si](C)(C)C(C)(C)C. The van der Waals surface area contributed by atoms with Crippen molar-refractivity contribution in [1.29, 1.82) is 0 Å². The van der Waals surface area contributed by atoms with Crippen LogP contribution in [-0.4, -0.2) is 70.2 Å². The summed E-state index contributed by atoms with van der Waals surface area (Å²) in [7, 11) is -2.33. The average molecular weight is 543 g/mol. The molecule has 0 heterocycles. The molecule has 0 atom stereocenters. The fourth-order valence-corrected chi connectivity index (χ4v) is 5.03. The first kappa shape index (κ1) is 33.4. The van der Waals surface area contributed by atoms with Gasteiger partial charge in [0.05, 0.1) is 38.4 Å². The molecule has 8 heteroatoms. The van der Waals surface area contributed by atoms with E-state index in [-0.39, 0.29) is 16.9 Å². The monoisotopic (exact) mass is 542 g/mol. The van der Waals surface area contributed by atoms with Gasteiger partial charge in [-0.25, -0.2) is 0 Å². The number of ether oxygens (including phenoxy) is 4. The number of benzene rings is 1. The van der Waals surface area contributed by atoms with E-state index in [9.17, 15) is 0 Å². The fourth-order valence-electron chi connectivity index (χ4n) is 2.83. The van der Waals surface area contributed by atoms with E-state index in [4.69, 9.17) is 27.8 Å². The normalized spacial score (nSPS) is 13.9. The molecule has 0 spiro atoms. The maximum Gasteiger partial charge on any atom is 0.192 e. The van der Waals surface area contributed by atoms with Gasteiger partial charge in [0.2, 0.25) is 0 Å². The van der Waals surface area contributed by atoms with Crippen LogP contribution in [0.1, 0.15) is 47.1 Å². The molecule has 0 aliphatic rings. The molecular weight excluding hydrogens is 488 g/mol. The van der Waals surface area contributed by atoms with Crippen LogP contribution < -0.4 is 0 Å². The molecule has 0 bridgehead atoms. The van der Waals surface area contributed by atoms with Crippen molar-refractivity contribution in [3.8, 4) is 0 Å². The third kappa shape index (κ3) is 11.4. The lowest BCUT2D eigenvalue weighted by Crippen LogP contribution is -2.51. The summed E-state index contributed by atoms with van der Waals surface area (Å²) in [5.41, 5.74) is 0.690. The summed E-state index contributed by atoms with van der Waals surface area (Å²) in [6.45, 7) is 26.4. The predicted molar refractivity (Wildman–Crippen MR) is 153 cm³/mol. The van der Waals surface area contributed by atoms with Gasteiger partial charge in [0.15, 0.2) is 16.6 Å². The topological polar surface area (TPSA) is 55.4 Å². The Labute approximate surface area is 223 Å². The lowest BCUT2D eigenvalue weighted by molar-refractivity contribution is -0.125. The summed E-state index contributed by atoms with van der Waals surface area (Å²) < 4.78 is 36.6. The van der Waals surface area contributed by atoms with Gasteiger partial charge in [0, 0.05) is 20.3 Å². The quantitative estimate of drug-likeness (QED) is 0.122. The molecular formula is C28H54O6Si2. The van der Waals surface area contributed by atoms with Crippen molar-refractivity contribution in [2.75, 3.05) is 53.5 Å². The molecule has 0 aliphatic carbocycles. The molecule has 210 valence electrons. The summed E-state index contributed by atoms with van der Waals surface area (Å²) >= 11 is 0. The Bertz CT molecular complexity index is 696. The van der Waals surface area contributed by atoms with E-state index in [2.05, 4.69) is 79.9 Å². The van der Waals surface area contributed by atoms with Crippen molar-refractivity contribution in [3.63, 3.8) is 0 Å². The van der Waals surface area contributed by atoms with Crippen LogP contribution in [0, 0.1) is 5.41 Å². The van der Waals surface area contributed by atoms with Crippen LogP contribution in [0.15, 0.2) is 30.3 Å². The van der Waals surface area contributed by atoms with E-state index in [0.29, 0.717) is 46.2 Å². The van der Waals surface area contributed by atoms with E-state index in [1.165, 1.54) is 0 Å². The second-order valence-electron chi connectivity index (χ2n) is 12.9. The lowest BCUT2D eigenvalue weighted by atomic mass is 9.92. The zero-order chi connectivity index (χ0) is 27.5. The average Bonchev–Trinajstić information content (AvgIpc) is 2.77. The Morgan fingerprint density at radius 2 is 1.14 bits per heavy atom. The van der Waals surface area contributed by atoms with Crippen LogP contribution in [-0.2, 0) is 34.4 Å². The molecule has 0 aliphatic heterocycles. The van der Waals surface area contributed by atoms with E-state index in [1.807, 2.05) is 18.2 Å². The van der Waals surface area contributed by atoms with Crippen LogP contribution in [0.25, 0.3) is 0 Å². The zero-order valence-corrected chi connectivity index (χ0v) is 27.0. The van der Waals surface area contributed by atoms with Gasteiger partial charge in [0.25, 0.3) is 0 Å². The maximum atomic E-state index is 6.76. The van der Waals surface area contributed by atoms with Gasteiger partial charge in [-0.05, 0) is 41.8 Å². The standard InChI is InChI=1S/C28H54O6Si2/c1-26(2,3)35(8,9)33-22-28(21-32-24-30-18-17-29-7,23-34-36(10,11)27(4,5)6)20-31-19-25-15-13-12-14-16-25/h12-16H,17-24H2,1-11H3. The van der Waals surface area contributed by atoms with Gasteiger partial charge in [-0.15, -0.1) is 0 Å². The smallest absolute Gasteiger partial charge is 0.192 e. The minimum Gasteiger partial charge on any atom is -0.416 e. The minimum absolute atomic E-state index is 0.105. The van der Waals surface area contributed by atoms with Gasteiger partial charge in [0.1, 0.15) is 6.79 Å². The summed E-state index contributed by atoms with van der Waals surface area (Å²) in [4.78, 5) is 0. The van der Waals surface area contributed by atoms with Gasteiger partial charge in [-0.2, -0.15) is 0 Å². The first-order chi connectivity index (χ1) is 16.6. The highest BCUT2D eigenvalue weighted by Gasteiger charge is 2.44. The van der Waals surface area contributed by atoms with Crippen molar-refractivity contribution in [2.24, 2.45) is 5.41 Å². The number of hydrogen-bond acceptors (Lipinski definition) is 6. The molecule has 36 heavy (non-hydrogen) atoms. The second kappa shape index (κ2) is 14.5. The summed E-state index contributed by atoms with van der Waals surface area (Å²) in [6, 6.07) is 10.3. The van der Waals surface area contributed by atoms with Crippen LogP contribution in [0.3, 0.4) is 0 Å². The van der Waals surface area contributed by atoms with E-state index < -0.39 is 22.0 Å². The highest BCUT2D eigenvalue weighted by molar-refractivity contribution is 6.74. The van der Waals surface area contributed by atoms with Crippen molar-refractivity contribution in [2.45, 2.75) is 84.4 Å². The third-order valence-corrected chi connectivity index (χ3v) is 16.6. The number of hydrogen-bond donors (Lipinski definition) is 0. The summed E-state index contributed by atoms with van der Waals surface area (Å²) in [5.74, 6) is 0. The third-order valence-electron chi connectivity index (χ3n) is 7.62. The number of rotatable bonds is 17. The Morgan fingerprint density at radius 3 is 1.61 bits per heavy atom. The molecule has 1 aromatic rings. The molecule has 1 rings (SSSR count). The summed E-state index contributed by atoms with van der Waals surface area (Å²) in [5, 5.41) is 0.210. The van der Waals surface area contributed by atoms with Gasteiger partial charge >= 0.3 is 0 Å². The molecule has 0 unspecified atom stereocenters. The largest absolute Gasteiger partial charge is 0.416 e. The van der Waals surface area contributed by atoms with Gasteiger partial charge in [-0.3, -0.25) is 0 Å². The highest BCUT2D eigenvalue weighted by atomic mass is 28.4. The maximum absolute atomic E-state index is 6.76. The fraction of sp³-hybridized carbons (Fsp3) is 0.786. The van der Waals surface area contributed by atoms with Crippen molar-refractivity contribution >= 4 is 16.6 Å². The zero-order valence-electron chi connectivity index (χ0n) is 25.0. The molecule has 0 N–H and O–H groups in total. The van der Waals surface area contributed by atoms with Crippen molar-refractivity contribution in [3.05, 3.63) is 35.9 Å². The highest BCUT2D eigenvalue weighted by Crippen LogP contribution is 2.40. The van der Waals surface area contributed by atoms with Gasteiger partial charge < -0.3 is 27.8 Å². The van der Waals surface area contributed by atoms with Crippen LogP contribution in [0.5, 0.6) is 0 Å².